The maximum Gasteiger partial charge on any atom is 0.261 e. The second-order valence-corrected chi connectivity index (χ2v) is 6.03. The van der Waals surface area contributed by atoms with Gasteiger partial charge >= 0.3 is 0 Å². The topological polar surface area (TPSA) is 108 Å². The first-order valence-corrected chi connectivity index (χ1v) is 7.91. The van der Waals surface area contributed by atoms with Gasteiger partial charge in [-0.2, -0.15) is 5.26 Å². The van der Waals surface area contributed by atoms with Crippen molar-refractivity contribution in [1.82, 2.24) is 14.9 Å². The number of hydrogen-bond donors (Lipinski definition) is 2. The van der Waals surface area contributed by atoms with Crippen LogP contribution in [0, 0.1) is 11.3 Å². The van der Waals surface area contributed by atoms with Crippen LogP contribution in [0.5, 0.6) is 0 Å². The Kier molecular flexibility index (Phi) is 8.18. The van der Waals surface area contributed by atoms with Crippen LogP contribution in [0.15, 0.2) is 29.3 Å². The molecule has 1 saturated heterocycles. The van der Waals surface area contributed by atoms with Crippen LogP contribution in [-0.2, 0) is 11.3 Å². The van der Waals surface area contributed by atoms with Gasteiger partial charge in [-0.3, -0.25) is 14.2 Å². The van der Waals surface area contributed by atoms with E-state index < -0.39 is 6.10 Å². The lowest BCUT2D eigenvalue weighted by molar-refractivity contribution is -0.121. The number of rotatable bonds is 4. The molecule has 2 heterocycles. The van der Waals surface area contributed by atoms with Crippen molar-refractivity contribution in [1.29, 1.82) is 5.26 Å². The predicted molar refractivity (Wildman–Crippen MR) is 102 cm³/mol. The second-order valence-electron chi connectivity index (χ2n) is 6.03. The van der Waals surface area contributed by atoms with Crippen LogP contribution >= 0.6 is 24.8 Å². The fourth-order valence-corrected chi connectivity index (χ4v) is 2.99. The summed E-state index contributed by atoms with van der Waals surface area (Å²) in [6.07, 6.45) is 2.55. The average molecular weight is 399 g/mol. The van der Waals surface area contributed by atoms with Crippen molar-refractivity contribution in [2.75, 3.05) is 6.54 Å². The molecule has 9 heteroatoms. The average Bonchev–Trinajstić information content (AvgIpc) is 2.59. The monoisotopic (exact) mass is 398 g/mol. The molecule has 0 amide bonds. The quantitative estimate of drug-likeness (QED) is 0.800. The fraction of sp³-hybridized carbons (Fsp3) is 0.412. The summed E-state index contributed by atoms with van der Waals surface area (Å²) in [5.41, 5.74) is 0.523. The largest absolute Gasteiger partial charge is 0.391 e. The van der Waals surface area contributed by atoms with E-state index >= 15 is 0 Å². The highest BCUT2D eigenvalue weighted by molar-refractivity contribution is 5.85. The van der Waals surface area contributed by atoms with Gasteiger partial charge in [-0.25, -0.2) is 4.98 Å². The van der Waals surface area contributed by atoms with Crippen LogP contribution in [0.3, 0.4) is 0 Å². The van der Waals surface area contributed by atoms with Crippen molar-refractivity contribution in [2.24, 2.45) is 0 Å². The minimum atomic E-state index is -0.535. The molecule has 1 aromatic carbocycles. The van der Waals surface area contributed by atoms with Gasteiger partial charge in [-0.15, -0.1) is 24.8 Å². The number of ketones is 1. The molecule has 0 saturated carbocycles. The van der Waals surface area contributed by atoms with E-state index in [0.717, 1.165) is 13.0 Å². The lowest BCUT2D eigenvalue weighted by Gasteiger charge is -2.28. The molecule has 0 radical (unpaired) electrons. The number of hydrogen-bond acceptors (Lipinski definition) is 6. The number of carbonyl (C=O) groups excluding carboxylic acids is 1. The molecule has 2 aromatic rings. The predicted octanol–water partition coefficient (Wildman–Crippen LogP) is 1.18. The van der Waals surface area contributed by atoms with Crippen LogP contribution in [0.4, 0.5) is 0 Å². The second kappa shape index (κ2) is 9.64. The minimum absolute atomic E-state index is 0. The number of benzene rings is 1. The number of piperidine rings is 1. The summed E-state index contributed by atoms with van der Waals surface area (Å²) >= 11 is 0. The summed E-state index contributed by atoms with van der Waals surface area (Å²) in [5, 5.41) is 22.3. The Morgan fingerprint density at radius 2 is 2.19 bits per heavy atom. The first-order chi connectivity index (χ1) is 11.6. The van der Waals surface area contributed by atoms with E-state index in [2.05, 4.69) is 10.3 Å². The molecule has 2 atom stereocenters. The number of nitrogens with one attached hydrogen (secondary N) is 1. The normalized spacial score (nSPS) is 19.1. The molecule has 0 spiro atoms. The fourth-order valence-electron chi connectivity index (χ4n) is 2.99. The molecule has 1 aliphatic heterocycles. The van der Waals surface area contributed by atoms with Crippen molar-refractivity contribution in [2.45, 2.75) is 38.0 Å². The minimum Gasteiger partial charge on any atom is -0.391 e. The van der Waals surface area contributed by atoms with Gasteiger partial charge in [0.05, 0.1) is 41.5 Å². The summed E-state index contributed by atoms with van der Waals surface area (Å²) in [6.45, 7) is 0.687. The zero-order chi connectivity index (χ0) is 17.1. The van der Waals surface area contributed by atoms with E-state index in [1.54, 1.807) is 12.1 Å². The molecule has 1 aliphatic rings. The molecule has 1 fully saturated rings. The number of Topliss-reactive ketones (excluding diaryl/α,β-unsaturated/α-hetero) is 1. The summed E-state index contributed by atoms with van der Waals surface area (Å²) in [7, 11) is 0. The third kappa shape index (κ3) is 4.80. The van der Waals surface area contributed by atoms with E-state index in [4.69, 9.17) is 5.26 Å². The van der Waals surface area contributed by atoms with Crippen LogP contribution in [-0.4, -0.2) is 39.1 Å². The lowest BCUT2D eigenvalue weighted by atomic mass is 9.97. The molecule has 2 N–H and O–H groups in total. The van der Waals surface area contributed by atoms with E-state index in [1.165, 1.54) is 17.0 Å². The third-order valence-corrected chi connectivity index (χ3v) is 4.30. The van der Waals surface area contributed by atoms with Gasteiger partial charge in [0.1, 0.15) is 0 Å². The summed E-state index contributed by atoms with van der Waals surface area (Å²) < 4.78 is 1.25. The highest BCUT2D eigenvalue weighted by Gasteiger charge is 2.25. The van der Waals surface area contributed by atoms with Gasteiger partial charge in [-0.05, 0) is 37.6 Å². The molecule has 0 bridgehead atoms. The summed E-state index contributed by atoms with van der Waals surface area (Å²) in [4.78, 5) is 28.9. The van der Waals surface area contributed by atoms with E-state index in [1.807, 2.05) is 6.07 Å². The van der Waals surface area contributed by atoms with Crippen LogP contribution in [0.2, 0.25) is 0 Å². The first kappa shape index (κ1) is 22.1. The van der Waals surface area contributed by atoms with Crippen LogP contribution in [0.1, 0.15) is 24.8 Å². The van der Waals surface area contributed by atoms with Gasteiger partial charge < -0.3 is 10.4 Å². The maximum atomic E-state index is 12.5. The number of nitrogens with zero attached hydrogens (tertiary/aromatic N) is 3. The molecular weight excluding hydrogens is 379 g/mol. The number of halogens is 2. The van der Waals surface area contributed by atoms with Crippen molar-refractivity contribution in [3.05, 3.63) is 40.4 Å². The number of aliphatic hydroxyl groups excluding tert-OH is 1. The third-order valence-electron chi connectivity index (χ3n) is 4.30. The molecular formula is C17H20Cl2N4O3. The van der Waals surface area contributed by atoms with Crippen LogP contribution in [0.25, 0.3) is 10.9 Å². The van der Waals surface area contributed by atoms with Gasteiger partial charge in [-0.1, -0.05) is 0 Å². The molecule has 7 nitrogen and oxygen atoms in total. The Morgan fingerprint density at radius 1 is 1.42 bits per heavy atom. The van der Waals surface area contributed by atoms with Crippen molar-refractivity contribution < 1.29 is 9.90 Å². The standard InChI is InChI=1S/C17H18N4O3.2ClH/c18-8-11-3-4-14-13(6-11)17(24)21(10-20-14)9-12(22)7-15-16(23)2-1-5-19-15;;/h3-4,6,10,15-16,19,23H,1-2,5,7,9H2;2*1H/t15-,16+;;/m0../s1. The molecule has 0 unspecified atom stereocenters. The van der Waals surface area contributed by atoms with Gasteiger partial charge in [0, 0.05) is 12.5 Å². The Hall–Kier alpha value is -1.98. The highest BCUT2D eigenvalue weighted by atomic mass is 35.5. The number of carbonyl (C=O) groups is 1. The first-order valence-electron chi connectivity index (χ1n) is 7.91. The summed E-state index contributed by atoms with van der Waals surface area (Å²) in [5.74, 6) is -0.145. The van der Waals surface area contributed by atoms with E-state index in [9.17, 15) is 14.7 Å². The summed E-state index contributed by atoms with van der Waals surface area (Å²) in [6, 6.07) is 6.42. The van der Waals surface area contributed by atoms with E-state index in [0.29, 0.717) is 22.9 Å². The zero-order valence-corrected chi connectivity index (χ0v) is 15.6. The van der Waals surface area contributed by atoms with Crippen molar-refractivity contribution in [3.63, 3.8) is 0 Å². The molecule has 26 heavy (non-hydrogen) atoms. The molecule has 140 valence electrons. The van der Waals surface area contributed by atoms with Crippen LogP contribution < -0.4 is 10.9 Å². The number of nitriles is 1. The highest BCUT2D eigenvalue weighted by Crippen LogP contribution is 2.12. The number of aliphatic hydroxyl groups is 1. The SMILES string of the molecule is Cl.Cl.N#Cc1ccc2ncn(CC(=O)C[C@@H]3NCCC[C@H]3O)c(=O)c2c1. The maximum absolute atomic E-state index is 12.5. The smallest absolute Gasteiger partial charge is 0.261 e. The Balaban J connectivity index is 0.00000169. The van der Waals surface area contributed by atoms with Crippen molar-refractivity contribution >= 4 is 41.5 Å². The van der Waals surface area contributed by atoms with Crippen molar-refractivity contribution in [3.8, 4) is 6.07 Å². The Morgan fingerprint density at radius 3 is 2.88 bits per heavy atom. The molecule has 1 aromatic heterocycles. The Bertz CT molecular complexity index is 878. The van der Waals surface area contributed by atoms with Gasteiger partial charge in [0.15, 0.2) is 5.78 Å². The zero-order valence-electron chi connectivity index (χ0n) is 13.9. The lowest BCUT2D eigenvalue weighted by Crippen LogP contribution is -2.46. The molecule has 0 aliphatic carbocycles. The van der Waals surface area contributed by atoms with E-state index in [-0.39, 0.29) is 55.2 Å². The molecule has 3 rings (SSSR count). The van der Waals surface area contributed by atoms with Gasteiger partial charge in [0.25, 0.3) is 5.56 Å². The number of aromatic nitrogens is 2. The van der Waals surface area contributed by atoms with Gasteiger partial charge in [0.2, 0.25) is 0 Å². The number of fused-ring (bicyclic) bond motifs is 1. The Labute approximate surface area is 162 Å².